The molecule has 0 unspecified atom stereocenters. The van der Waals surface area contributed by atoms with Gasteiger partial charge in [0, 0.05) is 43.9 Å². The van der Waals surface area contributed by atoms with Gasteiger partial charge in [0.2, 0.25) is 0 Å². The summed E-state index contributed by atoms with van der Waals surface area (Å²) in [6.45, 7) is 3.55. The summed E-state index contributed by atoms with van der Waals surface area (Å²) in [6, 6.07) is 20.9. The van der Waals surface area contributed by atoms with E-state index < -0.39 is 4.92 Å². The molecule has 1 fully saturated rings. The summed E-state index contributed by atoms with van der Waals surface area (Å²) >= 11 is 0. The maximum Gasteiger partial charge on any atom is 0.269 e. The Bertz CT molecular complexity index is 987. The van der Waals surface area contributed by atoms with Crippen LogP contribution in [0.3, 0.4) is 0 Å². The van der Waals surface area contributed by atoms with Gasteiger partial charge in [-0.05, 0) is 22.9 Å². The summed E-state index contributed by atoms with van der Waals surface area (Å²) in [5, 5.41) is 16.6. The van der Waals surface area contributed by atoms with E-state index in [0.29, 0.717) is 5.69 Å². The van der Waals surface area contributed by atoms with Crippen LogP contribution in [0.2, 0.25) is 0 Å². The van der Waals surface area contributed by atoms with Crippen LogP contribution in [0.5, 0.6) is 0 Å². The Balaban J connectivity index is 1.82. The number of amidine groups is 1. The highest BCUT2D eigenvalue weighted by atomic mass is 16.6. The van der Waals surface area contributed by atoms with Crippen LogP contribution in [-0.4, -0.2) is 41.8 Å². The van der Waals surface area contributed by atoms with Crippen molar-refractivity contribution < 1.29 is 4.92 Å². The zero-order chi connectivity index (χ0) is 18.6. The van der Waals surface area contributed by atoms with Gasteiger partial charge in [0.15, 0.2) is 0 Å². The van der Waals surface area contributed by atoms with E-state index in [-0.39, 0.29) is 5.69 Å². The number of non-ortho nitro benzene ring substituents is 1. The molecule has 0 spiro atoms. The molecule has 6 nitrogen and oxygen atoms in total. The van der Waals surface area contributed by atoms with Crippen molar-refractivity contribution >= 4 is 28.0 Å². The summed E-state index contributed by atoms with van der Waals surface area (Å²) in [4.78, 5) is 17.7. The Hall–Kier alpha value is -3.25. The summed E-state index contributed by atoms with van der Waals surface area (Å²) < 4.78 is 0. The lowest BCUT2D eigenvalue weighted by Gasteiger charge is -2.31. The van der Waals surface area contributed by atoms with E-state index in [1.807, 2.05) is 18.2 Å². The third-order valence-electron chi connectivity index (χ3n) is 4.74. The molecule has 3 aromatic carbocycles. The summed E-state index contributed by atoms with van der Waals surface area (Å²) in [5.74, 6) is 0.905. The first-order chi connectivity index (χ1) is 13.2. The molecule has 1 heterocycles. The smallest absolute Gasteiger partial charge is 0.269 e. The number of rotatable bonds is 3. The van der Waals surface area contributed by atoms with Gasteiger partial charge in [0.25, 0.3) is 5.69 Å². The standard InChI is InChI=1S/C21H20N4O2/c26-25(27)18-10-8-17(9-11-18)23-21(24-14-12-22-13-15-24)20-7-3-5-16-4-1-2-6-19(16)20/h1-11,22H,12-15H2. The monoisotopic (exact) mass is 360 g/mol. The molecular weight excluding hydrogens is 340 g/mol. The molecule has 0 aromatic heterocycles. The van der Waals surface area contributed by atoms with Crippen molar-refractivity contribution in [2.24, 2.45) is 4.99 Å². The van der Waals surface area contributed by atoms with E-state index in [1.165, 1.54) is 17.5 Å². The molecule has 0 aliphatic carbocycles. The minimum absolute atomic E-state index is 0.0721. The Kier molecular flexibility index (Phi) is 4.80. The number of nitrogens with zero attached hydrogens (tertiary/aromatic N) is 3. The van der Waals surface area contributed by atoms with Crippen LogP contribution >= 0.6 is 0 Å². The highest BCUT2D eigenvalue weighted by Crippen LogP contribution is 2.24. The van der Waals surface area contributed by atoms with Crippen LogP contribution in [0.1, 0.15) is 5.56 Å². The average molecular weight is 360 g/mol. The number of nitro benzene ring substituents is 1. The third-order valence-corrected chi connectivity index (χ3v) is 4.74. The Labute approximate surface area is 157 Å². The second-order valence-electron chi connectivity index (χ2n) is 6.47. The van der Waals surface area contributed by atoms with Crippen LogP contribution in [0, 0.1) is 10.1 Å². The molecule has 136 valence electrons. The van der Waals surface area contributed by atoms with E-state index in [9.17, 15) is 10.1 Å². The molecule has 0 atom stereocenters. The molecule has 0 radical (unpaired) electrons. The second-order valence-corrected chi connectivity index (χ2v) is 6.47. The molecule has 4 rings (SSSR count). The maximum absolute atomic E-state index is 10.9. The fourth-order valence-electron chi connectivity index (χ4n) is 3.37. The summed E-state index contributed by atoms with van der Waals surface area (Å²) in [6.07, 6.45) is 0. The van der Waals surface area contributed by atoms with Gasteiger partial charge in [-0.2, -0.15) is 0 Å². The van der Waals surface area contributed by atoms with E-state index in [2.05, 4.69) is 34.5 Å². The molecule has 0 amide bonds. The van der Waals surface area contributed by atoms with Crippen molar-refractivity contribution in [2.45, 2.75) is 0 Å². The predicted octanol–water partition coefficient (Wildman–Crippen LogP) is 3.73. The molecule has 6 heteroatoms. The van der Waals surface area contributed by atoms with Crippen molar-refractivity contribution in [3.63, 3.8) is 0 Å². The second kappa shape index (κ2) is 7.55. The number of piperazine rings is 1. The van der Waals surface area contributed by atoms with E-state index in [1.54, 1.807) is 12.1 Å². The van der Waals surface area contributed by atoms with Crippen LogP contribution < -0.4 is 5.32 Å². The number of hydrogen-bond donors (Lipinski definition) is 1. The van der Waals surface area contributed by atoms with Crippen LogP contribution in [0.4, 0.5) is 11.4 Å². The van der Waals surface area contributed by atoms with Gasteiger partial charge >= 0.3 is 0 Å². The number of nitro groups is 1. The van der Waals surface area contributed by atoms with Gasteiger partial charge in [-0.15, -0.1) is 0 Å². The highest BCUT2D eigenvalue weighted by molar-refractivity contribution is 6.10. The average Bonchev–Trinajstić information content (AvgIpc) is 2.73. The maximum atomic E-state index is 10.9. The van der Waals surface area contributed by atoms with Gasteiger partial charge in [-0.25, -0.2) is 4.99 Å². The number of nitrogens with one attached hydrogen (secondary N) is 1. The van der Waals surface area contributed by atoms with Crippen molar-refractivity contribution in [2.75, 3.05) is 26.2 Å². The summed E-state index contributed by atoms with van der Waals surface area (Å²) in [5.41, 5.74) is 1.86. The molecule has 3 aromatic rings. The number of fused-ring (bicyclic) bond motifs is 1. The van der Waals surface area contributed by atoms with Gasteiger partial charge in [0.1, 0.15) is 5.84 Å². The fraction of sp³-hybridized carbons (Fsp3) is 0.190. The predicted molar refractivity (Wildman–Crippen MR) is 108 cm³/mol. The minimum atomic E-state index is -0.393. The zero-order valence-corrected chi connectivity index (χ0v) is 14.8. The highest BCUT2D eigenvalue weighted by Gasteiger charge is 2.18. The fourth-order valence-corrected chi connectivity index (χ4v) is 3.37. The van der Waals surface area contributed by atoms with Crippen molar-refractivity contribution in [1.82, 2.24) is 10.2 Å². The Morgan fingerprint density at radius 1 is 0.963 bits per heavy atom. The van der Waals surface area contributed by atoms with Crippen LogP contribution in [0.15, 0.2) is 71.7 Å². The normalized spacial score (nSPS) is 15.1. The lowest BCUT2D eigenvalue weighted by atomic mass is 10.0. The van der Waals surface area contributed by atoms with Gasteiger partial charge < -0.3 is 10.2 Å². The molecule has 1 saturated heterocycles. The first-order valence-corrected chi connectivity index (χ1v) is 8.99. The molecule has 1 N–H and O–H groups in total. The van der Waals surface area contributed by atoms with Crippen molar-refractivity contribution in [3.8, 4) is 0 Å². The Morgan fingerprint density at radius 3 is 2.41 bits per heavy atom. The topological polar surface area (TPSA) is 70.8 Å². The molecule has 1 aliphatic rings. The van der Waals surface area contributed by atoms with E-state index in [4.69, 9.17) is 4.99 Å². The number of benzene rings is 3. The van der Waals surface area contributed by atoms with Gasteiger partial charge in [-0.1, -0.05) is 42.5 Å². The minimum Gasteiger partial charge on any atom is -0.354 e. The molecule has 0 bridgehead atoms. The zero-order valence-electron chi connectivity index (χ0n) is 14.8. The summed E-state index contributed by atoms with van der Waals surface area (Å²) in [7, 11) is 0. The van der Waals surface area contributed by atoms with Gasteiger partial charge in [0.05, 0.1) is 10.6 Å². The third kappa shape index (κ3) is 3.66. The lowest BCUT2D eigenvalue weighted by molar-refractivity contribution is -0.384. The van der Waals surface area contributed by atoms with Crippen molar-refractivity contribution in [3.05, 3.63) is 82.4 Å². The first kappa shape index (κ1) is 17.2. The van der Waals surface area contributed by atoms with Crippen LogP contribution in [0.25, 0.3) is 10.8 Å². The number of hydrogen-bond acceptors (Lipinski definition) is 4. The Morgan fingerprint density at radius 2 is 1.67 bits per heavy atom. The molecular formula is C21H20N4O2. The van der Waals surface area contributed by atoms with Crippen molar-refractivity contribution in [1.29, 1.82) is 0 Å². The lowest BCUT2D eigenvalue weighted by Crippen LogP contribution is -2.46. The number of aliphatic imine (C=N–C) groups is 1. The molecule has 0 saturated carbocycles. The molecule has 1 aliphatic heterocycles. The quantitative estimate of drug-likeness (QED) is 0.334. The van der Waals surface area contributed by atoms with E-state index in [0.717, 1.165) is 43.0 Å². The molecule has 27 heavy (non-hydrogen) atoms. The largest absolute Gasteiger partial charge is 0.354 e. The first-order valence-electron chi connectivity index (χ1n) is 8.99. The van der Waals surface area contributed by atoms with Gasteiger partial charge in [-0.3, -0.25) is 10.1 Å². The van der Waals surface area contributed by atoms with E-state index >= 15 is 0 Å². The SMILES string of the molecule is O=[N+]([O-])c1ccc(N=C(c2cccc3ccccc23)N2CCNCC2)cc1. The van der Waals surface area contributed by atoms with Crippen LogP contribution in [-0.2, 0) is 0 Å².